The van der Waals surface area contributed by atoms with Crippen LogP contribution in [0.15, 0.2) is 66.9 Å². The van der Waals surface area contributed by atoms with Gasteiger partial charge in [-0.05, 0) is 31.0 Å². The van der Waals surface area contributed by atoms with Crippen LogP contribution in [-0.4, -0.2) is 37.5 Å². The molecule has 3 heterocycles. The average Bonchev–Trinajstić information content (AvgIpc) is 3.27. The number of rotatable bonds is 4. The van der Waals surface area contributed by atoms with Crippen LogP contribution in [-0.2, 0) is 17.8 Å². The summed E-state index contributed by atoms with van der Waals surface area (Å²) in [5.74, 6) is -0.759. The van der Waals surface area contributed by atoms with Crippen molar-refractivity contribution in [2.24, 2.45) is 5.73 Å². The highest BCUT2D eigenvalue weighted by Gasteiger charge is 2.35. The molecule has 2 amide bonds. The monoisotopic (exact) mass is 439 g/mol. The van der Waals surface area contributed by atoms with Gasteiger partial charge in [0.05, 0.1) is 22.8 Å². The third kappa shape index (κ3) is 3.65. The third-order valence-corrected chi connectivity index (χ3v) is 6.19. The molecule has 0 bridgehead atoms. The van der Waals surface area contributed by atoms with Crippen LogP contribution in [0.1, 0.15) is 41.4 Å². The van der Waals surface area contributed by atoms with Crippen molar-refractivity contribution < 1.29 is 9.59 Å². The van der Waals surface area contributed by atoms with E-state index >= 15 is 0 Å². The zero-order chi connectivity index (χ0) is 23.1. The van der Waals surface area contributed by atoms with E-state index in [1.807, 2.05) is 73.1 Å². The molecule has 1 aliphatic rings. The second kappa shape index (κ2) is 8.16. The average molecular weight is 440 g/mol. The van der Waals surface area contributed by atoms with E-state index in [0.29, 0.717) is 35.3 Å². The topological polar surface area (TPSA) is 94.1 Å². The van der Waals surface area contributed by atoms with Crippen LogP contribution in [0.2, 0.25) is 0 Å². The van der Waals surface area contributed by atoms with Crippen LogP contribution >= 0.6 is 0 Å². The first-order chi connectivity index (χ1) is 15.9. The minimum atomic E-state index is -0.712. The molecule has 4 aromatic rings. The maximum absolute atomic E-state index is 14.0. The van der Waals surface area contributed by atoms with Crippen LogP contribution in [0.5, 0.6) is 0 Å². The van der Waals surface area contributed by atoms with Crippen LogP contribution < -0.4 is 5.73 Å². The number of nitrogens with zero attached hydrogens (tertiary/aromatic N) is 4. The van der Waals surface area contributed by atoms with Crippen LogP contribution in [0.4, 0.5) is 0 Å². The van der Waals surface area contributed by atoms with E-state index in [9.17, 15) is 9.59 Å². The lowest BCUT2D eigenvalue weighted by Crippen LogP contribution is -2.51. The number of primary amides is 1. The normalized spacial score (nSPS) is 15.6. The fourth-order valence-corrected chi connectivity index (χ4v) is 4.48. The Labute approximate surface area is 191 Å². The highest BCUT2D eigenvalue weighted by Crippen LogP contribution is 2.30. The smallest absolute Gasteiger partial charge is 0.255 e. The van der Waals surface area contributed by atoms with E-state index in [4.69, 9.17) is 10.7 Å². The van der Waals surface area contributed by atoms with Crippen molar-refractivity contribution in [1.82, 2.24) is 19.7 Å². The molecule has 0 saturated carbocycles. The van der Waals surface area contributed by atoms with Gasteiger partial charge < -0.3 is 10.6 Å². The number of benzene rings is 2. The van der Waals surface area contributed by atoms with Gasteiger partial charge in [0.15, 0.2) is 5.65 Å². The van der Waals surface area contributed by atoms with Gasteiger partial charge in [-0.25, -0.2) is 9.67 Å². The highest BCUT2D eigenvalue weighted by atomic mass is 16.2. The van der Waals surface area contributed by atoms with E-state index < -0.39 is 11.9 Å². The molecule has 7 heteroatoms. The Hall–Kier alpha value is -4.00. The zero-order valence-electron chi connectivity index (χ0n) is 18.6. The fourth-order valence-electron chi connectivity index (χ4n) is 4.48. The van der Waals surface area contributed by atoms with Gasteiger partial charge in [-0.2, -0.15) is 5.10 Å². The maximum Gasteiger partial charge on any atom is 0.255 e. The summed E-state index contributed by atoms with van der Waals surface area (Å²) in [7, 11) is 0. The number of pyridine rings is 1. The van der Waals surface area contributed by atoms with Gasteiger partial charge in [0, 0.05) is 24.6 Å². The summed E-state index contributed by atoms with van der Waals surface area (Å²) < 4.78 is 1.82. The molecule has 7 nitrogen and oxygen atoms in total. The Morgan fingerprint density at radius 1 is 1.03 bits per heavy atom. The number of hydrogen-bond acceptors (Lipinski definition) is 4. The van der Waals surface area contributed by atoms with Crippen LogP contribution in [0.25, 0.3) is 22.3 Å². The molecule has 33 heavy (non-hydrogen) atoms. The Bertz CT molecular complexity index is 1360. The predicted octanol–water partition coefficient (Wildman–Crippen LogP) is 3.73. The number of aromatic nitrogens is 3. The quantitative estimate of drug-likeness (QED) is 0.524. The van der Waals surface area contributed by atoms with Gasteiger partial charge in [0.25, 0.3) is 5.91 Å². The molecular weight excluding hydrogens is 414 g/mol. The molecular formula is C26H25N5O2. The minimum Gasteiger partial charge on any atom is -0.368 e. The van der Waals surface area contributed by atoms with Gasteiger partial charge in [-0.3, -0.25) is 9.59 Å². The Morgan fingerprint density at radius 3 is 2.42 bits per heavy atom. The van der Waals surface area contributed by atoms with Gasteiger partial charge in [-0.1, -0.05) is 54.6 Å². The first-order valence-electron chi connectivity index (χ1n) is 11.0. The van der Waals surface area contributed by atoms with Gasteiger partial charge in [0.1, 0.15) is 6.04 Å². The summed E-state index contributed by atoms with van der Waals surface area (Å²) in [5, 5.41) is 5.16. The van der Waals surface area contributed by atoms with E-state index in [-0.39, 0.29) is 11.9 Å². The number of fused-ring (bicyclic) bond motifs is 2. The molecule has 0 saturated heterocycles. The molecule has 0 fully saturated rings. The zero-order valence-corrected chi connectivity index (χ0v) is 18.6. The molecule has 166 valence electrons. The summed E-state index contributed by atoms with van der Waals surface area (Å²) in [4.78, 5) is 32.7. The predicted molar refractivity (Wildman–Crippen MR) is 126 cm³/mol. The Kier molecular flexibility index (Phi) is 5.17. The molecule has 2 aromatic carbocycles. The molecule has 1 atom stereocenters. The second-order valence-corrected chi connectivity index (χ2v) is 8.67. The number of nitrogens with two attached hydrogens (primary N) is 1. The van der Waals surface area contributed by atoms with Crippen molar-refractivity contribution in [3.8, 4) is 11.3 Å². The van der Waals surface area contributed by atoms with E-state index in [1.165, 1.54) is 0 Å². The molecule has 0 radical (unpaired) electrons. The lowest BCUT2D eigenvalue weighted by Gasteiger charge is -2.35. The first kappa shape index (κ1) is 20.9. The molecule has 2 N–H and O–H groups in total. The third-order valence-electron chi connectivity index (χ3n) is 6.19. The van der Waals surface area contributed by atoms with E-state index in [1.54, 1.807) is 17.2 Å². The highest BCUT2D eigenvalue weighted by molar-refractivity contribution is 6.07. The summed E-state index contributed by atoms with van der Waals surface area (Å²) in [6.45, 7) is 4.37. The molecule has 0 spiro atoms. The Balaban J connectivity index is 1.67. The number of amides is 2. The number of carbonyl (C=O) groups excluding carboxylic acids is 2. The van der Waals surface area contributed by atoms with Crippen molar-refractivity contribution in [2.75, 3.05) is 0 Å². The molecule has 2 aromatic heterocycles. The van der Waals surface area contributed by atoms with Crippen molar-refractivity contribution >= 4 is 22.8 Å². The maximum atomic E-state index is 14.0. The Morgan fingerprint density at radius 2 is 1.73 bits per heavy atom. The van der Waals surface area contributed by atoms with Crippen molar-refractivity contribution in [3.63, 3.8) is 0 Å². The molecule has 5 rings (SSSR count). The van der Waals surface area contributed by atoms with E-state index in [2.05, 4.69) is 5.10 Å². The van der Waals surface area contributed by atoms with Crippen molar-refractivity contribution in [2.45, 2.75) is 38.9 Å². The summed E-state index contributed by atoms with van der Waals surface area (Å²) in [6, 6.07) is 18.7. The number of carbonyl (C=O) groups is 2. The number of hydrogen-bond donors (Lipinski definition) is 1. The summed E-state index contributed by atoms with van der Waals surface area (Å²) in [6.07, 6.45) is 2.09. The standard InChI is InChI=1S/C26H25N5O2/c1-16(2)31-25-21(14-28-31)20(13-22(29-25)17-8-4-3-5-9-17)26(33)30-15-19-11-7-6-10-18(19)12-23(30)24(27)32/h3-11,13-14,16,23H,12,15H2,1-2H3,(H2,27,32)/t23-/m0/s1. The molecule has 1 aliphatic heterocycles. The second-order valence-electron chi connectivity index (χ2n) is 8.67. The van der Waals surface area contributed by atoms with E-state index in [0.717, 1.165) is 16.7 Å². The SMILES string of the molecule is CC(C)n1ncc2c(C(=O)N3Cc4ccccc4C[C@H]3C(N)=O)cc(-c3ccccc3)nc21. The largest absolute Gasteiger partial charge is 0.368 e. The first-order valence-corrected chi connectivity index (χ1v) is 11.0. The lowest BCUT2D eigenvalue weighted by molar-refractivity contribution is -0.122. The van der Waals surface area contributed by atoms with Crippen molar-refractivity contribution in [3.05, 3.63) is 83.6 Å². The van der Waals surface area contributed by atoms with Crippen LogP contribution in [0.3, 0.4) is 0 Å². The summed E-state index contributed by atoms with van der Waals surface area (Å²) >= 11 is 0. The minimum absolute atomic E-state index is 0.0733. The summed E-state index contributed by atoms with van der Waals surface area (Å²) in [5.41, 5.74) is 10.5. The van der Waals surface area contributed by atoms with Gasteiger partial charge >= 0.3 is 0 Å². The van der Waals surface area contributed by atoms with Crippen LogP contribution in [0, 0.1) is 0 Å². The van der Waals surface area contributed by atoms with Gasteiger partial charge in [-0.15, -0.1) is 0 Å². The van der Waals surface area contributed by atoms with Gasteiger partial charge in [0.2, 0.25) is 5.91 Å². The van der Waals surface area contributed by atoms with Crippen molar-refractivity contribution in [1.29, 1.82) is 0 Å². The molecule has 0 unspecified atom stereocenters. The lowest BCUT2D eigenvalue weighted by atomic mass is 9.92. The molecule has 0 aliphatic carbocycles. The fraction of sp³-hybridized carbons (Fsp3) is 0.231.